The maximum Gasteiger partial charge on any atom is 0.172 e. The van der Waals surface area contributed by atoms with Crippen LogP contribution in [0.5, 0.6) is 0 Å². The van der Waals surface area contributed by atoms with Crippen LogP contribution in [0.4, 0.5) is 17.1 Å². The van der Waals surface area contributed by atoms with Crippen LogP contribution in [0.1, 0.15) is 12.5 Å². The molecule has 4 heterocycles. The first-order valence-electron chi connectivity index (χ1n) is 13.5. The lowest BCUT2D eigenvalue weighted by atomic mass is 10.0. The highest BCUT2D eigenvalue weighted by Gasteiger charge is 2.17. The molecular weight excluding hydrogens is 552 g/mol. The van der Waals surface area contributed by atoms with Gasteiger partial charge in [-0.05, 0) is 49.0 Å². The Kier molecular flexibility index (Phi) is 7.79. The van der Waals surface area contributed by atoms with Crippen LogP contribution < -0.4 is 10.2 Å². The topological polar surface area (TPSA) is 85.9 Å². The second-order valence-electron chi connectivity index (χ2n) is 9.91. The molecule has 5 aromatic rings. The van der Waals surface area contributed by atoms with Crippen molar-refractivity contribution >= 4 is 51.3 Å². The standard InChI is InChI=1S/C31H29ClN8S/c1-3-39-12-14-40(15-13-39)24-6-8-27(36-20-24)21-4-7-28-25(16-21)30(22(18-33)19-35-28)37-23-5-9-29(26(32)17-23)41-31-34-10-11-38(31)2/h4-11,16-17,19-20H,3,12-15H2,1-2H3,(H,35,37). The molecule has 8 nitrogen and oxygen atoms in total. The maximum atomic E-state index is 9.91. The third-order valence-corrected chi connectivity index (χ3v) is 8.97. The number of hydrogen-bond acceptors (Lipinski definition) is 8. The van der Waals surface area contributed by atoms with Gasteiger partial charge in [0.2, 0.25) is 0 Å². The number of fused-ring (bicyclic) bond motifs is 1. The Morgan fingerprint density at radius 3 is 2.54 bits per heavy atom. The number of hydrogen-bond donors (Lipinski definition) is 1. The summed E-state index contributed by atoms with van der Waals surface area (Å²) in [6, 6.07) is 18.3. The Morgan fingerprint density at radius 1 is 1.00 bits per heavy atom. The van der Waals surface area contributed by atoms with E-state index in [1.807, 2.05) is 60.4 Å². The van der Waals surface area contributed by atoms with E-state index in [9.17, 15) is 5.26 Å². The fourth-order valence-corrected chi connectivity index (χ4v) is 6.10. The molecule has 2 aromatic carbocycles. The summed E-state index contributed by atoms with van der Waals surface area (Å²) < 4.78 is 1.95. The van der Waals surface area contributed by atoms with Gasteiger partial charge in [0.05, 0.1) is 39.4 Å². The molecule has 0 amide bonds. The lowest BCUT2D eigenvalue weighted by molar-refractivity contribution is 0.271. The van der Waals surface area contributed by atoms with Gasteiger partial charge in [0.25, 0.3) is 0 Å². The minimum absolute atomic E-state index is 0.451. The number of rotatable bonds is 7. The number of anilines is 3. The van der Waals surface area contributed by atoms with Gasteiger partial charge >= 0.3 is 0 Å². The molecule has 0 aliphatic carbocycles. The zero-order valence-electron chi connectivity index (χ0n) is 22.9. The molecule has 0 saturated carbocycles. The molecule has 206 valence electrons. The van der Waals surface area contributed by atoms with Gasteiger partial charge in [0.1, 0.15) is 6.07 Å². The van der Waals surface area contributed by atoms with E-state index in [0.717, 1.165) is 76.3 Å². The highest BCUT2D eigenvalue weighted by Crippen LogP contribution is 2.37. The molecule has 0 unspecified atom stereocenters. The van der Waals surface area contributed by atoms with E-state index in [0.29, 0.717) is 16.3 Å². The van der Waals surface area contributed by atoms with Gasteiger partial charge in [-0.3, -0.25) is 9.97 Å². The molecule has 41 heavy (non-hydrogen) atoms. The summed E-state index contributed by atoms with van der Waals surface area (Å²) in [5.74, 6) is 0. The molecule has 1 saturated heterocycles. The Labute approximate surface area is 248 Å². The van der Waals surface area contributed by atoms with E-state index in [2.05, 4.69) is 50.2 Å². The predicted molar refractivity (Wildman–Crippen MR) is 166 cm³/mol. The molecule has 6 rings (SSSR count). The van der Waals surface area contributed by atoms with Crippen molar-refractivity contribution in [2.75, 3.05) is 42.9 Å². The van der Waals surface area contributed by atoms with Gasteiger partial charge in [-0.15, -0.1) is 0 Å². The molecule has 1 N–H and O–H groups in total. The van der Waals surface area contributed by atoms with E-state index >= 15 is 0 Å². The number of nitrogens with zero attached hydrogens (tertiary/aromatic N) is 7. The zero-order chi connectivity index (χ0) is 28.3. The lowest BCUT2D eigenvalue weighted by Gasteiger charge is -2.35. The van der Waals surface area contributed by atoms with Crippen LogP contribution in [0.25, 0.3) is 22.2 Å². The van der Waals surface area contributed by atoms with Crippen molar-refractivity contribution in [2.24, 2.45) is 7.05 Å². The molecule has 1 aliphatic rings. The first-order chi connectivity index (χ1) is 20.0. The molecule has 0 bridgehead atoms. The van der Waals surface area contributed by atoms with Crippen molar-refractivity contribution in [3.63, 3.8) is 0 Å². The van der Waals surface area contributed by atoms with Crippen molar-refractivity contribution in [3.8, 4) is 17.3 Å². The summed E-state index contributed by atoms with van der Waals surface area (Å²) in [5, 5.41) is 15.6. The summed E-state index contributed by atoms with van der Waals surface area (Å²) in [4.78, 5) is 19.4. The Hall–Kier alpha value is -4.10. The number of aromatic nitrogens is 4. The van der Waals surface area contributed by atoms with Gasteiger partial charge in [-0.25, -0.2) is 4.98 Å². The van der Waals surface area contributed by atoms with E-state index in [1.165, 1.54) is 11.8 Å². The van der Waals surface area contributed by atoms with Crippen molar-refractivity contribution in [1.82, 2.24) is 24.4 Å². The largest absolute Gasteiger partial charge is 0.368 e. The molecule has 3 aromatic heterocycles. The molecule has 1 aliphatic heterocycles. The minimum atomic E-state index is 0.451. The van der Waals surface area contributed by atoms with Gasteiger partial charge in [-0.1, -0.05) is 36.4 Å². The van der Waals surface area contributed by atoms with Crippen molar-refractivity contribution < 1.29 is 0 Å². The lowest BCUT2D eigenvalue weighted by Crippen LogP contribution is -2.46. The van der Waals surface area contributed by atoms with E-state index in [-0.39, 0.29) is 0 Å². The van der Waals surface area contributed by atoms with Crippen LogP contribution in [0.3, 0.4) is 0 Å². The van der Waals surface area contributed by atoms with E-state index in [1.54, 1.807) is 12.4 Å². The normalized spacial score (nSPS) is 13.9. The first-order valence-corrected chi connectivity index (χ1v) is 14.7. The number of benzene rings is 2. The SMILES string of the molecule is CCN1CCN(c2ccc(-c3ccc4ncc(C#N)c(Nc5ccc(Sc6nccn6C)c(Cl)c5)c4c3)nc2)CC1. The number of piperazine rings is 1. The highest BCUT2D eigenvalue weighted by atomic mass is 35.5. The molecule has 10 heteroatoms. The first kappa shape index (κ1) is 27.1. The number of aryl methyl sites for hydroxylation is 1. The third-order valence-electron chi connectivity index (χ3n) is 7.40. The molecule has 1 fully saturated rings. The molecular formula is C31H29ClN8S. The Balaban J connectivity index is 1.28. The average Bonchev–Trinajstić information content (AvgIpc) is 3.42. The van der Waals surface area contributed by atoms with Crippen LogP contribution in [-0.4, -0.2) is 57.1 Å². The van der Waals surface area contributed by atoms with Gasteiger partial charge in [-0.2, -0.15) is 5.26 Å². The zero-order valence-corrected chi connectivity index (χ0v) is 24.5. The van der Waals surface area contributed by atoms with Crippen molar-refractivity contribution in [2.45, 2.75) is 17.0 Å². The van der Waals surface area contributed by atoms with Gasteiger partial charge < -0.3 is 19.7 Å². The van der Waals surface area contributed by atoms with Crippen LogP contribution in [0.15, 0.2) is 83.4 Å². The Bertz CT molecular complexity index is 1740. The number of pyridine rings is 2. The number of imidazole rings is 1. The number of nitrogens with one attached hydrogen (secondary N) is 1. The summed E-state index contributed by atoms with van der Waals surface area (Å²) in [5.41, 5.74) is 5.67. The number of nitriles is 1. The van der Waals surface area contributed by atoms with Crippen molar-refractivity contribution in [3.05, 3.63) is 83.9 Å². The minimum Gasteiger partial charge on any atom is -0.368 e. The highest BCUT2D eigenvalue weighted by molar-refractivity contribution is 7.99. The molecule has 0 radical (unpaired) electrons. The van der Waals surface area contributed by atoms with Gasteiger partial charge in [0.15, 0.2) is 5.16 Å². The van der Waals surface area contributed by atoms with E-state index in [4.69, 9.17) is 16.6 Å². The smallest absolute Gasteiger partial charge is 0.172 e. The van der Waals surface area contributed by atoms with Crippen molar-refractivity contribution in [1.29, 1.82) is 5.26 Å². The number of halogens is 1. The van der Waals surface area contributed by atoms with Crippen LogP contribution >= 0.6 is 23.4 Å². The van der Waals surface area contributed by atoms with Crippen LogP contribution in [0, 0.1) is 11.3 Å². The molecule has 0 atom stereocenters. The Morgan fingerprint density at radius 2 is 1.85 bits per heavy atom. The summed E-state index contributed by atoms with van der Waals surface area (Å²) in [6.07, 6.45) is 7.22. The third kappa shape index (κ3) is 5.72. The second kappa shape index (κ2) is 11.8. The monoisotopic (exact) mass is 580 g/mol. The summed E-state index contributed by atoms with van der Waals surface area (Å²) >= 11 is 8.16. The fourth-order valence-electron chi connectivity index (χ4n) is 4.99. The average molecular weight is 581 g/mol. The maximum absolute atomic E-state index is 9.91. The van der Waals surface area contributed by atoms with Crippen LogP contribution in [-0.2, 0) is 7.05 Å². The van der Waals surface area contributed by atoms with Crippen LogP contribution in [0.2, 0.25) is 5.02 Å². The van der Waals surface area contributed by atoms with E-state index < -0.39 is 0 Å². The predicted octanol–water partition coefficient (Wildman–Crippen LogP) is 6.59. The fraction of sp³-hybridized carbons (Fsp3) is 0.226. The number of likely N-dealkylation sites (N-methyl/N-ethyl adjacent to an activating group) is 1. The summed E-state index contributed by atoms with van der Waals surface area (Å²) in [6.45, 7) is 7.47. The quantitative estimate of drug-likeness (QED) is 0.231. The summed E-state index contributed by atoms with van der Waals surface area (Å²) in [7, 11) is 1.95. The molecule has 0 spiro atoms. The second-order valence-corrected chi connectivity index (χ2v) is 11.3. The van der Waals surface area contributed by atoms with Gasteiger partial charge in [0, 0.05) is 73.3 Å².